The van der Waals surface area contributed by atoms with Crippen LogP contribution in [0.1, 0.15) is 25.3 Å². The maximum Gasteiger partial charge on any atom is 0.276 e. The molecule has 0 aliphatic rings. The molecule has 88 valence electrons. The van der Waals surface area contributed by atoms with E-state index in [2.05, 4.69) is 9.93 Å². The summed E-state index contributed by atoms with van der Waals surface area (Å²) >= 11 is 0. The van der Waals surface area contributed by atoms with Crippen molar-refractivity contribution in [3.8, 4) is 0 Å². The van der Waals surface area contributed by atoms with Crippen LogP contribution in [0.2, 0.25) is 0 Å². The van der Waals surface area contributed by atoms with Crippen LogP contribution < -0.4 is 4.83 Å². The molecule has 16 heavy (non-hydrogen) atoms. The summed E-state index contributed by atoms with van der Waals surface area (Å²) in [6.45, 7) is 3.91. The number of nitrogens with zero attached hydrogens (tertiary/aromatic N) is 1. The lowest BCUT2D eigenvalue weighted by Gasteiger charge is -2.03. The fourth-order valence-corrected chi connectivity index (χ4v) is 1.88. The van der Waals surface area contributed by atoms with Gasteiger partial charge in [0.1, 0.15) is 0 Å². The third kappa shape index (κ3) is 3.66. The van der Waals surface area contributed by atoms with Crippen LogP contribution in [-0.4, -0.2) is 14.6 Å². The Bertz CT molecular complexity index is 449. The minimum absolute atomic E-state index is 0.228. The summed E-state index contributed by atoms with van der Waals surface area (Å²) in [6, 6.07) is 6.63. The molecule has 0 aromatic heterocycles. The highest BCUT2D eigenvalue weighted by Gasteiger charge is 2.11. The van der Waals surface area contributed by atoms with Crippen LogP contribution in [0.15, 0.2) is 34.3 Å². The van der Waals surface area contributed by atoms with Crippen molar-refractivity contribution < 1.29 is 8.42 Å². The second kappa shape index (κ2) is 5.65. The zero-order valence-electron chi connectivity index (χ0n) is 9.47. The van der Waals surface area contributed by atoms with E-state index in [1.807, 2.05) is 13.8 Å². The molecular weight excluding hydrogens is 224 g/mol. The van der Waals surface area contributed by atoms with E-state index in [0.717, 1.165) is 18.4 Å². The molecule has 0 spiro atoms. The van der Waals surface area contributed by atoms with Crippen molar-refractivity contribution in [1.29, 1.82) is 0 Å². The van der Waals surface area contributed by atoms with Crippen molar-refractivity contribution in [2.75, 3.05) is 0 Å². The van der Waals surface area contributed by atoms with E-state index in [1.165, 1.54) is 0 Å². The van der Waals surface area contributed by atoms with Crippen LogP contribution in [0.3, 0.4) is 0 Å². The molecule has 0 unspecified atom stereocenters. The summed E-state index contributed by atoms with van der Waals surface area (Å²) in [5, 5.41) is 3.67. The second-order valence-electron chi connectivity index (χ2n) is 3.51. The van der Waals surface area contributed by atoms with Crippen molar-refractivity contribution in [3.05, 3.63) is 29.8 Å². The van der Waals surface area contributed by atoms with Crippen molar-refractivity contribution >= 4 is 16.2 Å². The standard InChI is InChI=1S/C11H16N2O2S/c1-3-4-9-12-13-16(14,15)11-7-5-10(2)6-8-11/h5-9,13H,3-4H2,1-2H3/b12-9+. The number of hydrazone groups is 1. The molecule has 0 aliphatic carbocycles. The molecule has 0 heterocycles. The monoisotopic (exact) mass is 240 g/mol. The summed E-state index contributed by atoms with van der Waals surface area (Å²) in [4.78, 5) is 2.40. The van der Waals surface area contributed by atoms with Gasteiger partial charge in [0, 0.05) is 6.21 Å². The SMILES string of the molecule is CCC/C=N/NS(=O)(=O)c1ccc(C)cc1. The van der Waals surface area contributed by atoms with Crippen LogP contribution in [0.4, 0.5) is 0 Å². The van der Waals surface area contributed by atoms with Gasteiger partial charge in [-0.1, -0.05) is 31.0 Å². The molecule has 0 saturated carbocycles. The van der Waals surface area contributed by atoms with Crippen LogP contribution >= 0.6 is 0 Å². The van der Waals surface area contributed by atoms with Crippen LogP contribution in [0.25, 0.3) is 0 Å². The van der Waals surface area contributed by atoms with Crippen molar-refractivity contribution in [3.63, 3.8) is 0 Å². The number of benzene rings is 1. The Kier molecular flexibility index (Phi) is 4.49. The number of hydrogen-bond donors (Lipinski definition) is 1. The normalized spacial score (nSPS) is 11.9. The lowest BCUT2D eigenvalue weighted by atomic mass is 10.2. The van der Waals surface area contributed by atoms with Crippen LogP contribution in [0, 0.1) is 6.92 Å². The van der Waals surface area contributed by atoms with Crippen LogP contribution in [0.5, 0.6) is 0 Å². The molecule has 0 amide bonds. The highest BCUT2D eigenvalue weighted by molar-refractivity contribution is 7.89. The Balaban J connectivity index is 2.74. The van der Waals surface area contributed by atoms with Gasteiger partial charge < -0.3 is 0 Å². The molecule has 4 nitrogen and oxygen atoms in total. The molecule has 5 heteroatoms. The molecule has 0 atom stereocenters. The highest BCUT2D eigenvalue weighted by Crippen LogP contribution is 2.09. The Hall–Kier alpha value is -1.36. The van der Waals surface area contributed by atoms with Crippen LogP contribution in [-0.2, 0) is 10.0 Å². The van der Waals surface area contributed by atoms with Gasteiger partial charge in [-0.15, -0.1) is 0 Å². The van der Waals surface area contributed by atoms with Crippen molar-refractivity contribution in [2.24, 2.45) is 5.10 Å². The van der Waals surface area contributed by atoms with Gasteiger partial charge in [-0.3, -0.25) is 0 Å². The predicted molar refractivity (Wildman–Crippen MR) is 64.9 cm³/mol. The Morgan fingerprint density at radius 1 is 1.31 bits per heavy atom. The molecule has 1 N–H and O–H groups in total. The molecule has 1 aromatic carbocycles. The molecule has 0 radical (unpaired) electrons. The molecule has 0 aliphatic heterocycles. The van der Waals surface area contributed by atoms with Gasteiger partial charge in [-0.05, 0) is 25.5 Å². The molecule has 1 rings (SSSR count). The van der Waals surface area contributed by atoms with Gasteiger partial charge in [0.25, 0.3) is 10.0 Å². The van der Waals surface area contributed by atoms with Gasteiger partial charge in [-0.25, -0.2) is 4.83 Å². The first kappa shape index (κ1) is 12.7. The van der Waals surface area contributed by atoms with E-state index in [0.29, 0.717) is 0 Å². The summed E-state index contributed by atoms with van der Waals surface area (Å²) in [5.74, 6) is 0. The number of aryl methyl sites for hydroxylation is 1. The minimum atomic E-state index is -3.51. The number of sulfonamides is 1. The smallest absolute Gasteiger partial charge is 0.200 e. The average molecular weight is 240 g/mol. The largest absolute Gasteiger partial charge is 0.276 e. The Labute approximate surface area is 96.4 Å². The average Bonchev–Trinajstić information content (AvgIpc) is 2.25. The highest BCUT2D eigenvalue weighted by atomic mass is 32.2. The zero-order chi connectivity index (χ0) is 12.0. The first-order chi connectivity index (χ1) is 7.56. The third-order valence-electron chi connectivity index (χ3n) is 2.01. The summed E-state index contributed by atoms with van der Waals surface area (Å²) in [5.41, 5.74) is 1.02. The third-order valence-corrected chi connectivity index (χ3v) is 3.25. The zero-order valence-corrected chi connectivity index (χ0v) is 10.3. The van der Waals surface area contributed by atoms with Gasteiger partial charge in [-0.2, -0.15) is 13.5 Å². The maximum absolute atomic E-state index is 11.7. The summed E-state index contributed by atoms with van der Waals surface area (Å²) < 4.78 is 23.4. The van der Waals surface area contributed by atoms with E-state index in [1.54, 1.807) is 30.5 Å². The molecule has 0 bridgehead atoms. The van der Waals surface area contributed by atoms with E-state index in [-0.39, 0.29) is 4.90 Å². The first-order valence-electron chi connectivity index (χ1n) is 5.16. The quantitative estimate of drug-likeness (QED) is 0.632. The fraction of sp³-hybridized carbons (Fsp3) is 0.364. The summed E-state index contributed by atoms with van der Waals surface area (Å²) in [6.07, 6.45) is 3.26. The number of hydrogen-bond acceptors (Lipinski definition) is 3. The minimum Gasteiger partial charge on any atom is -0.200 e. The van der Waals surface area contributed by atoms with Crippen molar-refractivity contribution in [1.82, 2.24) is 4.83 Å². The van der Waals surface area contributed by atoms with Gasteiger partial charge in [0.05, 0.1) is 4.90 Å². The van der Waals surface area contributed by atoms with Gasteiger partial charge >= 0.3 is 0 Å². The Morgan fingerprint density at radius 3 is 2.50 bits per heavy atom. The van der Waals surface area contributed by atoms with E-state index in [9.17, 15) is 8.42 Å². The fourth-order valence-electron chi connectivity index (χ4n) is 1.07. The molecule has 1 aromatic rings. The van der Waals surface area contributed by atoms with E-state index >= 15 is 0 Å². The number of nitrogens with one attached hydrogen (secondary N) is 1. The van der Waals surface area contributed by atoms with E-state index < -0.39 is 10.0 Å². The van der Waals surface area contributed by atoms with Gasteiger partial charge in [0.15, 0.2) is 0 Å². The maximum atomic E-state index is 11.7. The number of rotatable bonds is 5. The molecule has 0 saturated heterocycles. The van der Waals surface area contributed by atoms with Gasteiger partial charge in [0.2, 0.25) is 0 Å². The number of unbranched alkanes of at least 4 members (excludes halogenated alkanes) is 1. The lowest BCUT2D eigenvalue weighted by Crippen LogP contribution is -2.18. The Morgan fingerprint density at radius 2 is 1.94 bits per heavy atom. The first-order valence-corrected chi connectivity index (χ1v) is 6.64. The molecular formula is C11H16N2O2S. The molecule has 0 fully saturated rings. The lowest BCUT2D eigenvalue weighted by molar-refractivity contribution is 0.584. The van der Waals surface area contributed by atoms with Crippen molar-refractivity contribution in [2.45, 2.75) is 31.6 Å². The van der Waals surface area contributed by atoms with E-state index in [4.69, 9.17) is 0 Å². The predicted octanol–water partition coefficient (Wildman–Crippen LogP) is 2.06. The topological polar surface area (TPSA) is 58.5 Å². The second-order valence-corrected chi connectivity index (χ2v) is 5.17. The summed E-state index contributed by atoms with van der Waals surface area (Å²) in [7, 11) is -3.51.